The minimum atomic E-state index is -0.159. The Morgan fingerprint density at radius 1 is 1.41 bits per heavy atom. The molecule has 0 aliphatic heterocycles. The number of halogens is 2. The number of benzene rings is 1. The molecule has 0 aliphatic carbocycles. The molecule has 0 bridgehead atoms. The van der Waals surface area contributed by atoms with Crippen molar-refractivity contribution in [3.05, 3.63) is 50.1 Å². The second-order valence-corrected chi connectivity index (χ2v) is 5.58. The Morgan fingerprint density at radius 2 is 2.24 bits per heavy atom. The average Bonchev–Trinajstić information content (AvgIpc) is 2.84. The minimum Gasteiger partial charge on any atom is -0.483 e. The molecule has 2 rings (SSSR count). The number of thiophene rings is 1. The molecular formula is C12H11BrClNOS. The van der Waals surface area contributed by atoms with Gasteiger partial charge in [0.1, 0.15) is 11.9 Å². The first-order chi connectivity index (χ1) is 8.20. The lowest BCUT2D eigenvalue weighted by molar-refractivity contribution is 0.215. The molecule has 90 valence electrons. The summed E-state index contributed by atoms with van der Waals surface area (Å²) in [5.41, 5.74) is 6.80. The molecule has 1 aromatic heterocycles. The lowest BCUT2D eigenvalue weighted by Gasteiger charge is -2.17. The van der Waals surface area contributed by atoms with Gasteiger partial charge in [-0.25, -0.2) is 0 Å². The highest BCUT2D eigenvalue weighted by atomic mass is 79.9. The number of hydrogen-bond acceptors (Lipinski definition) is 3. The normalized spacial score (nSPS) is 12.4. The molecule has 1 heterocycles. The maximum absolute atomic E-state index is 6.07. The van der Waals surface area contributed by atoms with Crippen LogP contribution in [0.5, 0.6) is 5.75 Å². The standard InChI is InChI=1S/C12H11BrClNOS/c13-9-1-2-10(14)11(5-9)16-12(6-15)8-3-4-17-7-8/h1-5,7,12H,6,15H2. The van der Waals surface area contributed by atoms with Crippen molar-refractivity contribution in [3.63, 3.8) is 0 Å². The monoisotopic (exact) mass is 331 g/mol. The summed E-state index contributed by atoms with van der Waals surface area (Å²) in [6.45, 7) is 0.416. The molecule has 1 atom stereocenters. The van der Waals surface area contributed by atoms with Crippen molar-refractivity contribution in [2.45, 2.75) is 6.10 Å². The number of ether oxygens (including phenoxy) is 1. The molecule has 2 N–H and O–H groups in total. The second-order valence-electron chi connectivity index (χ2n) is 3.47. The summed E-state index contributed by atoms with van der Waals surface area (Å²) < 4.78 is 6.77. The highest BCUT2D eigenvalue weighted by molar-refractivity contribution is 9.10. The van der Waals surface area contributed by atoms with Gasteiger partial charge in [-0.05, 0) is 35.0 Å². The molecule has 0 aliphatic rings. The first-order valence-electron chi connectivity index (χ1n) is 5.04. The molecule has 0 fully saturated rings. The van der Waals surface area contributed by atoms with Gasteiger partial charge >= 0.3 is 0 Å². The predicted molar refractivity (Wildman–Crippen MR) is 75.9 cm³/mol. The van der Waals surface area contributed by atoms with Crippen LogP contribution in [0, 0.1) is 0 Å². The van der Waals surface area contributed by atoms with E-state index in [1.807, 2.05) is 29.0 Å². The van der Waals surface area contributed by atoms with E-state index in [2.05, 4.69) is 15.9 Å². The molecule has 0 radical (unpaired) electrons. The molecule has 0 saturated carbocycles. The van der Waals surface area contributed by atoms with E-state index in [0.29, 0.717) is 17.3 Å². The van der Waals surface area contributed by atoms with Gasteiger partial charge in [0.15, 0.2) is 0 Å². The average molecular weight is 333 g/mol. The van der Waals surface area contributed by atoms with Gasteiger partial charge in [0.2, 0.25) is 0 Å². The van der Waals surface area contributed by atoms with Crippen LogP contribution in [0.1, 0.15) is 11.7 Å². The Morgan fingerprint density at radius 3 is 2.88 bits per heavy atom. The second kappa shape index (κ2) is 5.87. The summed E-state index contributed by atoms with van der Waals surface area (Å²) in [4.78, 5) is 0. The van der Waals surface area contributed by atoms with E-state index in [0.717, 1.165) is 10.0 Å². The third kappa shape index (κ3) is 3.22. The van der Waals surface area contributed by atoms with E-state index in [9.17, 15) is 0 Å². The molecule has 2 aromatic rings. The van der Waals surface area contributed by atoms with Crippen molar-refractivity contribution in [2.24, 2.45) is 5.73 Å². The molecule has 1 aromatic carbocycles. The molecule has 2 nitrogen and oxygen atoms in total. The fourth-order valence-corrected chi connectivity index (χ4v) is 2.64. The van der Waals surface area contributed by atoms with Crippen molar-refractivity contribution in [1.29, 1.82) is 0 Å². The number of hydrogen-bond donors (Lipinski definition) is 1. The Bertz CT molecular complexity index is 489. The van der Waals surface area contributed by atoms with E-state index in [1.165, 1.54) is 0 Å². The van der Waals surface area contributed by atoms with Crippen LogP contribution in [0.3, 0.4) is 0 Å². The molecule has 5 heteroatoms. The lowest BCUT2D eigenvalue weighted by Crippen LogP contribution is -2.18. The Balaban J connectivity index is 2.21. The van der Waals surface area contributed by atoms with E-state index >= 15 is 0 Å². The Labute approximate surface area is 117 Å². The predicted octanol–water partition coefficient (Wildman–Crippen LogP) is 4.24. The molecule has 17 heavy (non-hydrogen) atoms. The van der Waals surface area contributed by atoms with Gasteiger partial charge in [-0.2, -0.15) is 11.3 Å². The van der Waals surface area contributed by atoms with Crippen molar-refractivity contribution >= 4 is 38.9 Å². The van der Waals surface area contributed by atoms with E-state index in [4.69, 9.17) is 22.1 Å². The molecule has 0 spiro atoms. The maximum Gasteiger partial charge on any atom is 0.140 e. The van der Waals surface area contributed by atoms with Crippen LogP contribution >= 0.6 is 38.9 Å². The van der Waals surface area contributed by atoms with Gasteiger partial charge < -0.3 is 10.5 Å². The summed E-state index contributed by atoms with van der Waals surface area (Å²) in [6, 6.07) is 7.52. The first-order valence-corrected chi connectivity index (χ1v) is 7.16. The van der Waals surface area contributed by atoms with E-state index in [1.54, 1.807) is 17.4 Å². The summed E-state index contributed by atoms with van der Waals surface area (Å²) in [5.74, 6) is 0.641. The van der Waals surface area contributed by atoms with Crippen LogP contribution in [0.4, 0.5) is 0 Å². The molecule has 0 saturated heterocycles. The molecule has 0 amide bonds. The Hall–Kier alpha value is -0.550. The van der Waals surface area contributed by atoms with Gasteiger partial charge in [-0.15, -0.1) is 0 Å². The maximum atomic E-state index is 6.07. The zero-order valence-corrected chi connectivity index (χ0v) is 12.1. The SMILES string of the molecule is NCC(Oc1cc(Br)ccc1Cl)c1ccsc1. The van der Waals surface area contributed by atoms with Gasteiger partial charge in [0, 0.05) is 16.6 Å². The lowest BCUT2D eigenvalue weighted by atomic mass is 10.2. The van der Waals surface area contributed by atoms with Crippen LogP contribution in [0.15, 0.2) is 39.5 Å². The van der Waals surface area contributed by atoms with Crippen LogP contribution in [0.25, 0.3) is 0 Å². The van der Waals surface area contributed by atoms with Crippen molar-refractivity contribution in [3.8, 4) is 5.75 Å². The summed E-state index contributed by atoms with van der Waals surface area (Å²) in [6.07, 6.45) is -0.159. The number of nitrogens with two attached hydrogens (primary N) is 1. The molecular weight excluding hydrogens is 322 g/mol. The van der Waals surface area contributed by atoms with Gasteiger partial charge in [-0.1, -0.05) is 27.5 Å². The minimum absolute atomic E-state index is 0.159. The first kappa shape index (κ1) is 12.9. The Kier molecular flexibility index (Phi) is 4.45. The zero-order valence-electron chi connectivity index (χ0n) is 8.90. The quantitative estimate of drug-likeness (QED) is 0.908. The molecule has 1 unspecified atom stereocenters. The fourth-order valence-electron chi connectivity index (χ4n) is 1.43. The summed E-state index contributed by atoms with van der Waals surface area (Å²) in [5, 5.41) is 4.62. The van der Waals surface area contributed by atoms with Gasteiger partial charge in [-0.3, -0.25) is 0 Å². The van der Waals surface area contributed by atoms with Crippen LogP contribution in [-0.4, -0.2) is 6.54 Å². The van der Waals surface area contributed by atoms with Gasteiger partial charge in [0.25, 0.3) is 0 Å². The highest BCUT2D eigenvalue weighted by Crippen LogP contribution is 2.31. The summed E-state index contributed by atoms with van der Waals surface area (Å²) >= 11 is 11.1. The largest absolute Gasteiger partial charge is 0.483 e. The third-order valence-corrected chi connectivity index (χ3v) is 3.80. The fraction of sp³-hybridized carbons (Fsp3) is 0.167. The smallest absolute Gasteiger partial charge is 0.140 e. The highest BCUT2D eigenvalue weighted by Gasteiger charge is 2.13. The van der Waals surface area contributed by atoms with Crippen LogP contribution < -0.4 is 10.5 Å². The zero-order chi connectivity index (χ0) is 12.3. The topological polar surface area (TPSA) is 35.2 Å². The number of rotatable bonds is 4. The van der Waals surface area contributed by atoms with Crippen molar-refractivity contribution in [2.75, 3.05) is 6.54 Å². The van der Waals surface area contributed by atoms with Crippen LogP contribution in [0.2, 0.25) is 5.02 Å². The van der Waals surface area contributed by atoms with Crippen LogP contribution in [-0.2, 0) is 0 Å². The van der Waals surface area contributed by atoms with Gasteiger partial charge in [0.05, 0.1) is 5.02 Å². The third-order valence-electron chi connectivity index (χ3n) is 2.29. The summed E-state index contributed by atoms with van der Waals surface area (Å²) in [7, 11) is 0. The van der Waals surface area contributed by atoms with Crippen molar-refractivity contribution < 1.29 is 4.74 Å². The van der Waals surface area contributed by atoms with E-state index < -0.39 is 0 Å². The van der Waals surface area contributed by atoms with E-state index in [-0.39, 0.29) is 6.10 Å². The van der Waals surface area contributed by atoms with Crippen molar-refractivity contribution in [1.82, 2.24) is 0 Å².